The van der Waals surface area contributed by atoms with E-state index in [9.17, 15) is 20.0 Å². The average Bonchev–Trinajstić information content (AvgIpc) is 3.35. The largest absolute Gasteiger partial charge is 0.482 e. The molecule has 1 amide bonds. The summed E-state index contributed by atoms with van der Waals surface area (Å²) in [5.41, 5.74) is 3.90. The molecule has 200 valence electrons. The molecule has 1 atom stereocenters. The molecule has 0 radical (unpaired) electrons. The SMILES string of the molecule is Cc1c(COc2ccc(CN3CCC[C@H]3C(=O)NCC(C)(C)O)cc2[N+](=O)[O-])cccc1-c1ccccc1. The Kier molecular flexibility index (Phi) is 8.44. The van der Waals surface area contributed by atoms with E-state index in [1.807, 2.05) is 48.2 Å². The molecule has 0 bridgehead atoms. The van der Waals surface area contributed by atoms with Gasteiger partial charge in [-0.25, -0.2) is 0 Å². The number of nitro groups is 1. The van der Waals surface area contributed by atoms with E-state index in [-0.39, 0.29) is 36.5 Å². The second-order valence-electron chi connectivity index (χ2n) is 10.5. The van der Waals surface area contributed by atoms with E-state index in [2.05, 4.69) is 23.5 Å². The molecule has 1 saturated heterocycles. The zero-order chi connectivity index (χ0) is 27.3. The molecule has 3 aromatic carbocycles. The number of nitrogens with zero attached hydrogens (tertiary/aromatic N) is 2. The highest BCUT2D eigenvalue weighted by atomic mass is 16.6. The molecular weight excluding hydrogens is 482 g/mol. The summed E-state index contributed by atoms with van der Waals surface area (Å²) in [6.07, 6.45) is 1.58. The zero-order valence-corrected chi connectivity index (χ0v) is 22.1. The number of nitrogens with one attached hydrogen (secondary N) is 1. The van der Waals surface area contributed by atoms with Gasteiger partial charge in [-0.15, -0.1) is 0 Å². The van der Waals surface area contributed by atoms with Crippen LogP contribution in [-0.2, 0) is 17.9 Å². The second kappa shape index (κ2) is 11.8. The standard InChI is InChI=1S/C30H35N3O5/c1-21-24(11-7-12-25(21)23-9-5-4-6-10-23)19-38-28-15-14-22(17-27(28)33(36)37)18-32-16-8-13-26(32)29(34)31-20-30(2,3)35/h4-7,9-12,14-15,17,26,35H,8,13,16,18-20H2,1-3H3,(H,31,34)/t26-/m0/s1. The van der Waals surface area contributed by atoms with Gasteiger partial charge in [0.05, 0.1) is 16.6 Å². The van der Waals surface area contributed by atoms with Gasteiger partial charge in [-0.05, 0) is 74.0 Å². The van der Waals surface area contributed by atoms with Gasteiger partial charge in [0.2, 0.25) is 5.91 Å². The number of hydrogen-bond acceptors (Lipinski definition) is 6. The first-order chi connectivity index (χ1) is 18.1. The number of benzene rings is 3. The smallest absolute Gasteiger partial charge is 0.311 e. The third-order valence-corrected chi connectivity index (χ3v) is 6.88. The Hall–Kier alpha value is -3.75. The van der Waals surface area contributed by atoms with E-state index in [4.69, 9.17) is 4.74 Å². The van der Waals surface area contributed by atoms with E-state index < -0.39 is 10.5 Å². The van der Waals surface area contributed by atoms with Crippen LogP contribution in [0.4, 0.5) is 5.69 Å². The van der Waals surface area contributed by atoms with Gasteiger partial charge in [0.1, 0.15) is 6.61 Å². The molecule has 38 heavy (non-hydrogen) atoms. The minimum absolute atomic E-state index is 0.0957. The minimum atomic E-state index is -0.989. The number of carbonyl (C=O) groups excluding carboxylic acids is 1. The highest BCUT2D eigenvalue weighted by Crippen LogP contribution is 2.32. The Balaban J connectivity index is 1.46. The summed E-state index contributed by atoms with van der Waals surface area (Å²) in [5, 5.41) is 24.6. The van der Waals surface area contributed by atoms with Crippen LogP contribution in [0.2, 0.25) is 0 Å². The lowest BCUT2D eigenvalue weighted by molar-refractivity contribution is -0.386. The van der Waals surface area contributed by atoms with Gasteiger partial charge in [0, 0.05) is 19.2 Å². The Morgan fingerprint density at radius 1 is 1.16 bits per heavy atom. The van der Waals surface area contributed by atoms with Crippen molar-refractivity contribution in [2.45, 2.75) is 58.4 Å². The van der Waals surface area contributed by atoms with Gasteiger partial charge in [-0.1, -0.05) is 54.6 Å². The number of likely N-dealkylation sites (tertiary alicyclic amines) is 1. The number of ether oxygens (including phenoxy) is 1. The second-order valence-corrected chi connectivity index (χ2v) is 10.5. The highest BCUT2D eigenvalue weighted by molar-refractivity contribution is 5.82. The van der Waals surface area contributed by atoms with Crippen LogP contribution in [-0.4, -0.2) is 45.6 Å². The van der Waals surface area contributed by atoms with Gasteiger partial charge in [-0.2, -0.15) is 0 Å². The fourth-order valence-corrected chi connectivity index (χ4v) is 4.82. The molecule has 3 aromatic rings. The summed E-state index contributed by atoms with van der Waals surface area (Å²) in [7, 11) is 0. The summed E-state index contributed by atoms with van der Waals surface area (Å²) in [5.74, 6) is 0.0799. The van der Waals surface area contributed by atoms with Crippen molar-refractivity contribution in [3.8, 4) is 16.9 Å². The Bertz CT molecular complexity index is 1290. The number of rotatable bonds is 10. The summed E-state index contributed by atoms with van der Waals surface area (Å²) in [6.45, 7) is 6.84. The van der Waals surface area contributed by atoms with Crippen molar-refractivity contribution in [3.63, 3.8) is 0 Å². The van der Waals surface area contributed by atoms with E-state index in [0.29, 0.717) is 13.0 Å². The maximum atomic E-state index is 12.7. The molecule has 8 nitrogen and oxygen atoms in total. The molecule has 1 heterocycles. The number of hydrogen-bond donors (Lipinski definition) is 2. The third-order valence-electron chi connectivity index (χ3n) is 6.88. The topological polar surface area (TPSA) is 105 Å². The molecule has 2 N–H and O–H groups in total. The quantitative estimate of drug-likeness (QED) is 0.290. The van der Waals surface area contributed by atoms with Crippen molar-refractivity contribution in [3.05, 3.63) is 93.5 Å². The molecule has 1 fully saturated rings. The van der Waals surface area contributed by atoms with Gasteiger partial charge in [0.25, 0.3) is 0 Å². The van der Waals surface area contributed by atoms with Crippen LogP contribution >= 0.6 is 0 Å². The Labute approximate surface area is 223 Å². The molecular formula is C30H35N3O5. The van der Waals surface area contributed by atoms with Gasteiger partial charge < -0.3 is 15.2 Å². The predicted octanol–water partition coefficient (Wildman–Crippen LogP) is 5.00. The first-order valence-corrected chi connectivity index (χ1v) is 12.9. The fourth-order valence-electron chi connectivity index (χ4n) is 4.82. The van der Waals surface area contributed by atoms with Crippen LogP contribution in [0.25, 0.3) is 11.1 Å². The molecule has 0 saturated carbocycles. The molecule has 4 rings (SSSR count). The molecule has 0 aromatic heterocycles. The fraction of sp³-hybridized carbons (Fsp3) is 0.367. The Morgan fingerprint density at radius 2 is 1.92 bits per heavy atom. The third kappa shape index (κ3) is 6.76. The molecule has 0 unspecified atom stereocenters. The Morgan fingerprint density at radius 3 is 2.63 bits per heavy atom. The van der Waals surface area contributed by atoms with E-state index in [0.717, 1.165) is 40.8 Å². The van der Waals surface area contributed by atoms with Gasteiger partial charge >= 0.3 is 5.69 Å². The van der Waals surface area contributed by atoms with Crippen molar-refractivity contribution < 1.29 is 19.6 Å². The van der Waals surface area contributed by atoms with Crippen molar-refractivity contribution in [2.24, 2.45) is 0 Å². The molecule has 1 aliphatic heterocycles. The van der Waals surface area contributed by atoms with Crippen LogP contribution in [0.5, 0.6) is 5.75 Å². The van der Waals surface area contributed by atoms with Crippen LogP contribution in [0, 0.1) is 17.0 Å². The first kappa shape index (κ1) is 27.3. The van der Waals surface area contributed by atoms with E-state index in [1.54, 1.807) is 19.9 Å². The molecule has 0 aliphatic carbocycles. The van der Waals surface area contributed by atoms with Crippen molar-refractivity contribution in [1.82, 2.24) is 10.2 Å². The van der Waals surface area contributed by atoms with E-state index >= 15 is 0 Å². The lowest BCUT2D eigenvalue weighted by Crippen LogP contribution is -2.47. The van der Waals surface area contributed by atoms with Gasteiger partial charge in [-0.3, -0.25) is 19.8 Å². The lowest BCUT2D eigenvalue weighted by atomic mass is 9.97. The minimum Gasteiger partial charge on any atom is -0.482 e. The van der Waals surface area contributed by atoms with Crippen LogP contribution < -0.4 is 10.1 Å². The zero-order valence-electron chi connectivity index (χ0n) is 22.1. The maximum Gasteiger partial charge on any atom is 0.311 e. The molecule has 8 heteroatoms. The van der Waals surface area contributed by atoms with Crippen LogP contribution in [0.1, 0.15) is 43.4 Å². The maximum absolute atomic E-state index is 12.7. The summed E-state index contributed by atoms with van der Waals surface area (Å²) < 4.78 is 5.96. The van der Waals surface area contributed by atoms with Crippen molar-refractivity contribution >= 4 is 11.6 Å². The monoisotopic (exact) mass is 517 g/mol. The highest BCUT2D eigenvalue weighted by Gasteiger charge is 2.31. The van der Waals surface area contributed by atoms with Crippen molar-refractivity contribution in [1.29, 1.82) is 0 Å². The predicted molar refractivity (Wildman–Crippen MR) is 147 cm³/mol. The normalized spacial score (nSPS) is 15.8. The summed E-state index contributed by atoms with van der Waals surface area (Å²) in [4.78, 5) is 26.2. The van der Waals surface area contributed by atoms with Crippen LogP contribution in [0.3, 0.4) is 0 Å². The van der Waals surface area contributed by atoms with E-state index in [1.165, 1.54) is 6.07 Å². The number of amides is 1. The van der Waals surface area contributed by atoms with Crippen molar-refractivity contribution in [2.75, 3.05) is 13.1 Å². The molecule has 0 spiro atoms. The van der Waals surface area contributed by atoms with Gasteiger partial charge in [0.15, 0.2) is 5.75 Å². The lowest BCUT2D eigenvalue weighted by Gasteiger charge is -2.25. The number of aliphatic hydroxyl groups is 1. The van der Waals surface area contributed by atoms with Crippen LogP contribution in [0.15, 0.2) is 66.7 Å². The number of carbonyl (C=O) groups is 1. The molecule has 1 aliphatic rings. The summed E-state index contributed by atoms with van der Waals surface area (Å²) >= 11 is 0. The average molecular weight is 518 g/mol. The first-order valence-electron chi connectivity index (χ1n) is 12.9. The number of nitro benzene ring substituents is 1. The summed E-state index contributed by atoms with van der Waals surface area (Å²) in [6, 6.07) is 20.7.